The SMILES string of the molecule is C[SiH]C.[CH3][Hf]([CH3])([CH]1C=Cc2cc3c(cc21)CCC3)[CH]1C=Cc2cc3c(cc21)CCC3. The molecule has 0 aromatic heterocycles. The van der Waals surface area contributed by atoms with E-state index in [2.05, 4.69) is 71.0 Å². The van der Waals surface area contributed by atoms with Crippen molar-refractivity contribution in [2.75, 3.05) is 0 Å². The molecule has 0 N–H and O–H groups in total. The van der Waals surface area contributed by atoms with Gasteiger partial charge in [-0.05, 0) is 0 Å². The molecule has 0 saturated carbocycles. The first-order chi connectivity index (χ1) is 14.5. The molecule has 2 unspecified atom stereocenters. The molecule has 0 fully saturated rings. The van der Waals surface area contributed by atoms with Gasteiger partial charge >= 0.3 is 168 Å². The number of benzene rings is 2. The zero-order valence-electron chi connectivity index (χ0n) is 19.1. The fraction of sp³-hybridized carbons (Fsp3) is 0.429. The molecular formula is C28H35HfSi. The number of fused-ring (bicyclic) bond motifs is 4. The second-order valence-corrected chi connectivity index (χ2v) is 29.0. The van der Waals surface area contributed by atoms with Gasteiger partial charge in [0.25, 0.3) is 0 Å². The minimum atomic E-state index is -2.64. The third-order valence-corrected chi connectivity index (χ3v) is 22.9. The second-order valence-electron chi connectivity index (χ2n) is 10.3. The van der Waals surface area contributed by atoms with Crippen molar-refractivity contribution >= 4 is 21.7 Å². The van der Waals surface area contributed by atoms with Gasteiger partial charge in [0, 0.05) is 9.52 Å². The van der Waals surface area contributed by atoms with Gasteiger partial charge in [-0.15, -0.1) is 0 Å². The first-order valence-corrected chi connectivity index (χ1v) is 25.6. The zero-order chi connectivity index (χ0) is 20.9. The van der Waals surface area contributed by atoms with Crippen LogP contribution in [-0.4, -0.2) is 9.52 Å². The van der Waals surface area contributed by atoms with Crippen LogP contribution in [0.3, 0.4) is 0 Å². The van der Waals surface area contributed by atoms with Crippen molar-refractivity contribution in [1.29, 1.82) is 0 Å². The first-order valence-electron chi connectivity index (χ1n) is 11.9. The average Bonchev–Trinajstić information content (AvgIpc) is 3.49. The maximum atomic E-state index is 2.71. The number of hydrogen-bond acceptors (Lipinski definition) is 0. The molecule has 6 rings (SSSR count). The maximum absolute atomic E-state index is 2.71. The second kappa shape index (κ2) is 8.17. The van der Waals surface area contributed by atoms with E-state index in [1.165, 1.54) is 49.7 Å². The molecule has 0 saturated heterocycles. The van der Waals surface area contributed by atoms with Crippen LogP contribution in [0.1, 0.15) is 64.7 Å². The normalized spacial score (nSPS) is 22.4. The molecule has 0 heterocycles. The quantitative estimate of drug-likeness (QED) is 0.329. The molecule has 0 nitrogen and oxygen atoms in total. The molecule has 0 amide bonds. The van der Waals surface area contributed by atoms with Gasteiger partial charge in [0.15, 0.2) is 0 Å². The van der Waals surface area contributed by atoms with Crippen molar-refractivity contribution in [2.45, 2.75) is 68.3 Å². The molecule has 1 radical (unpaired) electrons. The van der Waals surface area contributed by atoms with E-state index >= 15 is 0 Å². The molecular weight excluding hydrogens is 543 g/mol. The molecule has 0 bridgehead atoms. The van der Waals surface area contributed by atoms with E-state index in [1.807, 2.05) is 0 Å². The van der Waals surface area contributed by atoms with E-state index < -0.39 is 20.0 Å². The van der Waals surface area contributed by atoms with Crippen molar-refractivity contribution in [2.24, 2.45) is 0 Å². The summed E-state index contributed by atoms with van der Waals surface area (Å²) in [6.45, 7) is 4.42. The molecule has 30 heavy (non-hydrogen) atoms. The average molecular weight is 578 g/mol. The molecule has 2 heteroatoms. The Labute approximate surface area is 190 Å². The van der Waals surface area contributed by atoms with E-state index in [0.717, 1.165) is 16.9 Å². The zero-order valence-corrected chi connectivity index (χ0v) is 23.8. The van der Waals surface area contributed by atoms with Gasteiger partial charge in [-0.2, -0.15) is 0 Å². The summed E-state index contributed by atoms with van der Waals surface area (Å²) in [5.74, 6) is 0. The number of hydrogen-bond donors (Lipinski definition) is 0. The van der Waals surface area contributed by atoms with E-state index in [0.29, 0.717) is 0 Å². The first kappa shape index (κ1) is 20.9. The van der Waals surface area contributed by atoms with Crippen LogP contribution in [0, 0.1) is 0 Å². The van der Waals surface area contributed by atoms with Crippen LogP contribution >= 0.6 is 0 Å². The molecule has 4 aliphatic rings. The summed E-state index contributed by atoms with van der Waals surface area (Å²) in [5.41, 5.74) is 12.9. The summed E-state index contributed by atoms with van der Waals surface area (Å²) in [4.78, 5) is 0. The summed E-state index contributed by atoms with van der Waals surface area (Å²) in [7, 11) is 0.750. The summed E-state index contributed by atoms with van der Waals surface area (Å²) < 4.78 is 6.88. The van der Waals surface area contributed by atoms with Crippen LogP contribution in [0.25, 0.3) is 12.2 Å². The summed E-state index contributed by atoms with van der Waals surface area (Å²) in [6, 6.07) is 10.2. The Morgan fingerprint density at radius 3 is 1.43 bits per heavy atom. The predicted octanol–water partition coefficient (Wildman–Crippen LogP) is 7.27. The van der Waals surface area contributed by atoms with Gasteiger partial charge in [0.2, 0.25) is 0 Å². The summed E-state index contributed by atoms with van der Waals surface area (Å²) in [6.07, 6.45) is 17.9. The van der Waals surface area contributed by atoms with E-state index in [9.17, 15) is 0 Å². The van der Waals surface area contributed by atoms with Gasteiger partial charge in [-0.25, -0.2) is 0 Å². The molecule has 155 valence electrons. The Hall–Kier alpha value is -0.993. The minimum absolute atomic E-state index is 0.729. The van der Waals surface area contributed by atoms with Gasteiger partial charge in [-0.1, -0.05) is 13.1 Å². The van der Waals surface area contributed by atoms with E-state index in [-0.39, 0.29) is 0 Å². The van der Waals surface area contributed by atoms with Gasteiger partial charge in [-0.3, -0.25) is 0 Å². The Morgan fingerprint density at radius 2 is 1.03 bits per heavy atom. The third-order valence-electron chi connectivity index (χ3n) is 7.80. The monoisotopic (exact) mass is 579 g/mol. The fourth-order valence-corrected chi connectivity index (χ4v) is 19.5. The number of aryl methyl sites for hydroxylation is 4. The van der Waals surface area contributed by atoms with Crippen LogP contribution in [0.15, 0.2) is 36.4 Å². The molecule has 4 aliphatic carbocycles. The summed E-state index contributed by atoms with van der Waals surface area (Å²) in [5, 5.41) is 0. The fourth-order valence-electron chi connectivity index (χ4n) is 6.25. The van der Waals surface area contributed by atoms with E-state index in [1.54, 1.807) is 33.4 Å². The van der Waals surface area contributed by atoms with Gasteiger partial charge in [0.05, 0.1) is 0 Å². The van der Waals surface area contributed by atoms with Crippen molar-refractivity contribution in [3.05, 3.63) is 80.9 Å². The van der Waals surface area contributed by atoms with Crippen molar-refractivity contribution in [1.82, 2.24) is 0 Å². The van der Waals surface area contributed by atoms with Crippen molar-refractivity contribution in [3.8, 4) is 0 Å². The standard InChI is InChI=1S/2C12H11.C2H7Si.2CH3.Hf/c2*1-3-9-7-11-5-2-6-12(11)8-10(9)4-1;1-3-2;;;/h2*1,3-4,7-8H,2,5-6H2;3H,1-2H3;2*1H3;. The van der Waals surface area contributed by atoms with Crippen LogP contribution in [0.4, 0.5) is 0 Å². The van der Waals surface area contributed by atoms with Gasteiger partial charge < -0.3 is 0 Å². The molecule has 0 spiro atoms. The Bertz CT molecular complexity index is 962. The number of allylic oxidation sites excluding steroid dienone is 2. The Morgan fingerprint density at radius 1 is 0.667 bits per heavy atom. The molecule has 2 aromatic carbocycles. The topological polar surface area (TPSA) is 0 Å². The van der Waals surface area contributed by atoms with Crippen molar-refractivity contribution in [3.63, 3.8) is 0 Å². The molecule has 0 aliphatic heterocycles. The molecule has 2 aromatic rings. The Balaban J connectivity index is 0.000000609. The van der Waals surface area contributed by atoms with Crippen LogP contribution in [-0.2, 0) is 45.7 Å². The van der Waals surface area contributed by atoms with Crippen LogP contribution < -0.4 is 0 Å². The predicted molar refractivity (Wildman–Crippen MR) is 131 cm³/mol. The van der Waals surface area contributed by atoms with Crippen LogP contribution in [0.5, 0.6) is 0 Å². The molecule has 2 atom stereocenters. The van der Waals surface area contributed by atoms with Crippen LogP contribution in [0.2, 0.25) is 22.5 Å². The summed E-state index contributed by atoms with van der Waals surface area (Å²) >= 11 is -2.64. The Kier molecular flexibility index (Phi) is 5.69. The van der Waals surface area contributed by atoms with E-state index in [4.69, 9.17) is 0 Å². The number of rotatable bonds is 2. The van der Waals surface area contributed by atoms with Crippen molar-refractivity contribution < 1.29 is 20.0 Å². The van der Waals surface area contributed by atoms with Gasteiger partial charge in [0.1, 0.15) is 0 Å². The third kappa shape index (κ3) is 3.43.